The van der Waals surface area contributed by atoms with Crippen LogP contribution < -0.4 is 10.5 Å². The van der Waals surface area contributed by atoms with Gasteiger partial charge in [0.05, 0.1) is 0 Å². The van der Waals surface area contributed by atoms with E-state index in [1.54, 1.807) is 6.20 Å². The third kappa shape index (κ3) is 1.98. The highest BCUT2D eigenvalue weighted by Gasteiger charge is 2.25. The molecule has 0 amide bonds. The van der Waals surface area contributed by atoms with Crippen LogP contribution in [0.25, 0.3) is 0 Å². The second kappa shape index (κ2) is 3.75. The molecule has 1 aliphatic rings. The minimum Gasteiger partial charge on any atom is -0.473 e. The number of aromatic nitrogens is 1. The summed E-state index contributed by atoms with van der Waals surface area (Å²) >= 11 is 0. The standard InChI is InChI=1S/C10H14N2O/c11-8-4-3-5-9(8)13-10-6-1-2-7-12-10/h1-2,6-9H,3-5,11H2. The molecule has 0 bridgehead atoms. The zero-order valence-electron chi connectivity index (χ0n) is 7.52. The Kier molecular flexibility index (Phi) is 2.45. The fourth-order valence-corrected chi connectivity index (χ4v) is 1.67. The molecule has 1 aromatic heterocycles. The van der Waals surface area contributed by atoms with Crippen LogP contribution >= 0.6 is 0 Å². The van der Waals surface area contributed by atoms with E-state index in [1.165, 1.54) is 6.42 Å². The average molecular weight is 178 g/mol. The van der Waals surface area contributed by atoms with Crippen LogP contribution in [0, 0.1) is 0 Å². The highest BCUT2D eigenvalue weighted by Crippen LogP contribution is 2.21. The largest absolute Gasteiger partial charge is 0.473 e. The van der Waals surface area contributed by atoms with E-state index in [4.69, 9.17) is 10.5 Å². The predicted octanol–water partition coefficient (Wildman–Crippen LogP) is 1.34. The van der Waals surface area contributed by atoms with Crippen molar-refractivity contribution < 1.29 is 4.74 Å². The van der Waals surface area contributed by atoms with Gasteiger partial charge >= 0.3 is 0 Å². The van der Waals surface area contributed by atoms with E-state index in [-0.39, 0.29) is 12.1 Å². The molecule has 70 valence electrons. The Labute approximate surface area is 77.9 Å². The first-order valence-corrected chi connectivity index (χ1v) is 4.69. The maximum atomic E-state index is 5.87. The van der Waals surface area contributed by atoms with Gasteiger partial charge < -0.3 is 10.5 Å². The second-order valence-corrected chi connectivity index (χ2v) is 3.42. The molecule has 0 saturated heterocycles. The fraction of sp³-hybridized carbons (Fsp3) is 0.500. The third-order valence-corrected chi connectivity index (χ3v) is 2.41. The van der Waals surface area contributed by atoms with Gasteiger partial charge in [0, 0.05) is 18.3 Å². The van der Waals surface area contributed by atoms with Gasteiger partial charge in [-0.15, -0.1) is 0 Å². The van der Waals surface area contributed by atoms with Crippen LogP contribution in [-0.4, -0.2) is 17.1 Å². The van der Waals surface area contributed by atoms with Crippen LogP contribution in [0.1, 0.15) is 19.3 Å². The molecule has 1 heterocycles. The lowest BCUT2D eigenvalue weighted by Crippen LogP contribution is -2.33. The Morgan fingerprint density at radius 3 is 2.92 bits per heavy atom. The van der Waals surface area contributed by atoms with Crippen molar-refractivity contribution in [3.63, 3.8) is 0 Å². The molecule has 0 spiro atoms. The van der Waals surface area contributed by atoms with Gasteiger partial charge in [-0.25, -0.2) is 4.98 Å². The van der Waals surface area contributed by atoms with Crippen molar-refractivity contribution in [3.8, 4) is 5.88 Å². The van der Waals surface area contributed by atoms with E-state index in [1.807, 2.05) is 18.2 Å². The summed E-state index contributed by atoms with van der Waals surface area (Å²) in [7, 11) is 0. The molecule has 2 atom stereocenters. The molecular formula is C10H14N2O. The van der Waals surface area contributed by atoms with Crippen LogP contribution in [0.3, 0.4) is 0 Å². The van der Waals surface area contributed by atoms with E-state index in [2.05, 4.69) is 4.98 Å². The number of pyridine rings is 1. The van der Waals surface area contributed by atoms with Gasteiger partial charge in [-0.2, -0.15) is 0 Å². The fourth-order valence-electron chi connectivity index (χ4n) is 1.67. The Morgan fingerprint density at radius 1 is 1.38 bits per heavy atom. The Hall–Kier alpha value is -1.09. The highest BCUT2D eigenvalue weighted by atomic mass is 16.5. The average Bonchev–Trinajstić information content (AvgIpc) is 2.54. The van der Waals surface area contributed by atoms with E-state index in [0.717, 1.165) is 12.8 Å². The number of ether oxygens (including phenoxy) is 1. The molecule has 1 saturated carbocycles. The van der Waals surface area contributed by atoms with Crippen LogP contribution in [-0.2, 0) is 0 Å². The lowest BCUT2D eigenvalue weighted by atomic mass is 10.2. The molecule has 2 unspecified atom stereocenters. The highest BCUT2D eigenvalue weighted by molar-refractivity contribution is 5.10. The summed E-state index contributed by atoms with van der Waals surface area (Å²) in [4.78, 5) is 4.10. The van der Waals surface area contributed by atoms with Gasteiger partial charge in [-0.1, -0.05) is 6.07 Å². The van der Waals surface area contributed by atoms with Gasteiger partial charge in [0.2, 0.25) is 5.88 Å². The van der Waals surface area contributed by atoms with E-state index in [9.17, 15) is 0 Å². The SMILES string of the molecule is NC1CCCC1Oc1ccccn1. The number of hydrogen-bond acceptors (Lipinski definition) is 3. The summed E-state index contributed by atoms with van der Waals surface area (Å²) in [5.41, 5.74) is 5.87. The summed E-state index contributed by atoms with van der Waals surface area (Å²) in [6, 6.07) is 5.84. The van der Waals surface area contributed by atoms with Crippen LogP contribution in [0.4, 0.5) is 0 Å². The number of hydrogen-bond donors (Lipinski definition) is 1. The molecule has 1 aromatic rings. The topological polar surface area (TPSA) is 48.1 Å². The molecule has 0 aliphatic heterocycles. The van der Waals surface area contributed by atoms with Crippen molar-refractivity contribution in [2.45, 2.75) is 31.4 Å². The Morgan fingerprint density at radius 2 is 2.31 bits per heavy atom. The van der Waals surface area contributed by atoms with Crippen molar-refractivity contribution in [2.24, 2.45) is 5.73 Å². The summed E-state index contributed by atoms with van der Waals surface area (Å²) in [5.74, 6) is 0.685. The first-order chi connectivity index (χ1) is 6.36. The van der Waals surface area contributed by atoms with Crippen molar-refractivity contribution in [1.29, 1.82) is 0 Å². The summed E-state index contributed by atoms with van der Waals surface area (Å²) in [6.45, 7) is 0. The minimum atomic E-state index is 0.162. The molecular weight excluding hydrogens is 164 g/mol. The van der Waals surface area contributed by atoms with Gasteiger partial charge in [0.25, 0.3) is 0 Å². The van der Waals surface area contributed by atoms with Crippen molar-refractivity contribution in [2.75, 3.05) is 0 Å². The maximum absolute atomic E-state index is 5.87. The smallest absolute Gasteiger partial charge is 0.213 e. The molecule has 2 N–H and O–H groups in total. The van der Waals surface area contributed by atoms with Gasteiger partial charge in [0.1, 0.15) is 6.10 Å². The maximum Gasteiger partial charge on any atom is 0.213 e. The molecule has 3 heteroatoms. The van der Waals surface area contributed by atoms with Crippen LogP contribution in [0.5, 0.6) is 5.88 Å². The lowest BCUT2D eigenvalue weighted by Gasteiger charge is -2.16. The molecule has 13 heavy (non-hydrogen) atoms. The zero-order valence-corrected chi connectivity index (χ0v) is 7.52. The molecule has 0 aromatic carbocycles. The van der Waals surface area contributed by atoms with Crippen LogP contribution in [0.15, 0.2) is 24.4 Å². The van der Waals surface area contributed by atoms with Crippen molar-refractivity contribution >= 4 is 0 Å². The van der Waals surface area contributed by atoms with E-state index >= 15 is 0 Å². The van der Waals surface area contributed by atoms with Crippen LogP contribution in [0.2, 0.25) is 0 Å². The third-order valence-electron chi connectivity index (χ3n) is 2.41. The van der Waals surface area contributed by atoms with Crippen molar-refractivity contribution in [3.05, 3.63) is 24.4 Å². The minimum absolute atomic E-state index is 0.162. The monoisotopic (exact) mass is 178 g/mol. The zero-order chi connectivity index (χ0) is 9.10. The predicted molar refractivity (Wildman–Crippen MR) is 50.5 cm³/mol. The molecule has 1 fully saturated rings. The summed E-state index contributed by atoms with van der Waals surface area (Å²) in [5, 5.41) is 0. The molecule has 3 nitrogen and oxygen atoms in total. The quantitative estimate of drug-likeness (QED) is 0.743. The summed E-state index contributed by atoms with van der Waals surface area (Å²) < 4.78 is 5.65. The normalized spacial score (nSPS) is 27.5. The lowest BCUT2D eigenvalue weighted by molar-refractivity contribution is 0.184. The molecule has 1 aliphatic carbocycles. The second-order valence-electron chi connectivity index (χ2n) is 3.42. The van der Waals surface area contributed by atoms with Crippen molar-refractivity contribution in [1.82, 2.24) is 4.98 Å². The van der Waals surface area contributed by atoms with Gasteiger partial charge in [-0.3, -0.25) is 0 Å². The first-order valence-electron chi connectivity index (χ1n) is 4.69. The Bertz CT molecular complexity index is 263. The number of nitrogens with zero attached hydrogens (tertiary/aromatic N) is 1. The van der Waals surface area contributed by atoms with Gasteiger partial charge in [-0.05, 0) is 25.3 Å². The first kappa shape index (κ1) is 8.51. The summed E-state index contributed by atoms with van der Waals surface area (Å²) in [6.07, 6.45) is 5.18. The number of nitrogens with two attached hydrogens (primary N) is 1. The van der Waals surface area contributed by atoms with E-state index < -0.39 is 0 Å². The van der Waals surface area contributed by atoms with Gasteiger partial charge in [0.15, 0.2) is 0 Å². The number of rotatable bonds is 2. The molecule has 2 rings (SSSR count). The Balaban J connectivity index is 1.98. The molecule has 0 radical (unpaired) electrons. The van der Waals surface area contributed by atoms with E-state index in [0.29, 0.717) is 5.88 Å².